The van der Waals surface area contributed by atoms with E-state index in [1.54, 1.807) is 6.20 Å². The minimum atomic E-state index is 0.137. The van der Waals surface area contributed by atoms with E-state index in [1.807, 2.05) is 35.7 Å². The zero-order valence-corrected chi connectivity index (χ0v) is 18.1. The first-order chi connectivity index (χ1) is 15.1. The van der Waals surface area contributed by atoms with Gasteiger partial charge in [-0.15, -0.1) is 0 Å². The van der Waals surface area contributed by atoms with Gasteiger partial charge in [0.2, 0.25) is 5.89 Å². The molecule has 164 valence electrons. The van der Waals surface area contributed by atoms with Crippen molar-refractivity contribution in [2.24, 2.45) is 5.92 Å². The lowest BCUT2D eigenvalue weighted by Crippen LogP contribution is -2.47. The summed E-state index contributed by atoms with van der Waals surface area (Å²) < 4.78 is 7.31. The number of aromatic amines is 1. The Morgan fingerprint density at radius 1 is 1.26 bits per heavy atom. The van der Waals surface area contributed by atoms with Gasteiger partial charge in [0.1, 0.15) is 5.82 Å². The fourth-order valence-electron chi connectivity index (χ4n) is 5.01. The second kappa shape index (κ2) is 8.39. The van der Waals surface area contributed by atoms with Crippen LogP contribution in [0.2, 0.25) is 0 Å². The maximum Gasteiger partial charge on any atom is 0.255 e. The van der Waals surface area contributed by atoms with E-state index in [4.69, 9.17) is 4.52 Å². The molecule has 3 aromatic rings. The van der Waals surface area contributed by atoms with Crippen LogP contribution in [0.1, 0.15) is 48.1 Å². The highest BCUT2D eigenvalue weighted by atomic mass is 16.5. The first kappa shape index (κ1) is 20.1. The number of nitrogens with one attached hydrogen (secondary N) is 1. The molecule has 0 unspecified atom stereocenters. The molecular formula is C22H29N7O2. The van der Waals surface area contributed by atoms with E-state index in [0.29, 0.717) is 36.6 Å². The van der Waals surface area contributed by atoms with E-state index in [-0.39, 0.29) is 5.56 Å². The molecule has 0 aliphatic carbocycles. The number of rotatable bonds is 7. The monoisotopic (exact) mass is 423 g/mol. The molecule has 5 heterocycles. The number of hydrogen-bond donors (Lipinski definition) is 1. The molecule has 0 radical (unpaired) electrons. The number of hydrogen-bond acceptors (Lipinski definition) is 7. The van der Waals surface area contributed by atoms with Crippen LogP contribution in [-0.2, 0) is 32.6 Å². The lowest BCUT2D eigenvalue weighted by Gasteiger charge is -2.42. The topological polar surface area (TPSA) is 96.1 Å². The largest absolute Gasteiger partial charge is 0.348 e. The van der Waals surface area contributed by atoms with E-state index in [9.17, 15) is 4.79 Å². The summed E-state index contributed by atoms with van der Waals surface area (Å²) in [6, 6.07) is 4.16. The molecule has 0 aromatic carbocycles. The Morgan fingerprint density at radius 3 is 2.94 bits per heavy atom. The molecule has 9 heteroatoms. The van der Waals surface area contributed by atoms with Gasteiger partial charge in [-0.3, -0.25) is 14.6 Å². The minimum absolute atomic E-state index is 0.137. The van der Waals surface area contributed by atoms with Gasteiger partial charge >= 0.3 is 0 Å². The minimum Gasteiger partial charge on any atom is -0.348 e. The Bertz CT molecular complexity index is 1090. The van der Waals surface area contributed by atoms with Crippen molar-refractivity contribution in [1.29, 1.82) is 0 Å². The third-order valence-corrected chi connectivity index (χ3v) is 6.36. The van der Waals surface area contributed by atoms with Gasteiger partial charge in [0, 0.05) is 62.2 Å². The first-order valence-corrected chi connectivity index (χ1v) is 11.0. The highest BCUT2D eigenvalue weighted by Crippen LogP contribution is 2.35. The van der Waals surface area contributed by atoms with Gasteiger partial charge in [0.25, 0.3) is 5.56 Å². The summed E-state index contributed by atoms with van der Waals surface area (Å²) in [5.74, 6) is 3.20. The Kier molecular flexibility index (Phi) is 5.45. The maximum absolute atomic E-state index is 13.3. The van der Waals surface area contributed by atoms with Crippen LogP contribution in [0.15, 0.2) is 33.8 Å². The fourth-order valence-corrected chi connectivity index (χ4v) is 5.01. The number of pyridine rings is 1. The number of piperidine rings is 1. The Labute approximate surface area is 181 Å². The van der Waals surface area contributed by atoms with Gasteiger partial charge in [-0.05, 0) is 25.5 Å². The van der Waals surface area contributed by atoms with Gasteiger partial charge in [-0.2, -0.15) is 4.98 Å². The SMILES string of the molecule is CCc1noc(CN(C)Cc2ccc3n(c2=O)C[C@H]2C[C@@H]3CN(Cc3ncc[nH]3)C2)n1. The normalized spacial score (nSPS) is 20.9. The molecule has 2 aliphatic rings. The molecular weight excluding hydrogens is 394 g/mol. The van der Waals surface area contributed by atoms with E-state index in [2.05, 4.69) is 31.1 Å². The average molecular weight is 424 g/mol. The number of H-pyrrole nitrogens is 1. The molecule has 1 fully saturated rings. The Morgan fingerprint density at radius 2 is 2.16 bits per heavy atom. The lowest BCUT2D eigenvalue weighted by molar-refractivity contribution is 0.112. The van der Waals surface area contributed by atoms with Crippen LogP contribution in [0.3, 0.4) is 0 Å². The molecule has 1 saturated heterocycles. The number of nitrogens with zero attached hydrogens (tertiary/aromatic N) is 6. The summed E-state index contributed by atoms with van der Waals surface area (Å²) in [6.45, 7) is 6.68. The number of aromatic nitrogens is 5. The van der Waals surface area contributed by atoms with Crippen molar-refractivity contribution in [3.05, 3.63) is 63.7 Å². The molecule has 0 spiro atoms. The van der Waals surface area contributed by atoms with E-state index in [0.717, 1.165) is 50.4 Å². The van der Waals surface area contributed by atoms with Crippen molar-refractivity contribution in [2.75, 3.05) is 20.1 Å². The zero-order chi connectivity index (χ0) is 21.4. The van der Waals surface area contributed by atoms with Gasteiger partial charge in [0.05, 0.1) is 13.1 Å². The summed E-state index contributed by atoms with van der Waals surface area (Å²) in [7, 11) is 1.97. The molecule has 0 amide bonds. The van der Waals surface area contributed by atoms with Crippen LogP contribution in [0.25, 0.3) is 0 Å². The number of likely N-dealkylation sites (tertiary alicyclic amines) is 1. The fraction of sp³-hybridized carbons (Fsp3) is 0.545. The molecule has 5 rings (SSSR count). The highest BCUT2D eigenvalue weighted by molar-refractivity contribution is 5.22. The van der Waals surface area contributed by atoms with Crippen LogP contribution < -0.4 is 5.56 Å². The molecule has 2 bridgehead atoms. The summed E-state index contributed by atoms with van der Waals surface area (Å²) in [6.07, 6.45) is 5.58. The van der Waals surface area contributed by atoms with Crippen molar-refractivity contribution >= 4 is 0 Å². The smallest absolute Gasteiger partial charge is 0.255 e. The predicted molar refractivity (Wildman–Crippen MR) is 114 cm³/mol. The van der Waals surface area contributed by atoms with Crippen LogP contribution in [0.4, 0.5) is 0 Å². The van der Waals surface area contributed by atoms with Crippen molar-refractivity contribution in [3.63, 3.8) is 0 Å². The number of fused-ring (bicyclic) bond motifs is 4. The molecule has 0 saturated carbocycles. The van der Waals surface area contributed by atoms with Gasteiger partial charge in [0.15, 0.2) is 5.82 Å². The number of imidazole rings is 1. The summed E-state index contributed by atoms with van der Waals surface area (Å²) >= 11 is 0. The summed E-state index contributed by atoms with van der Waals surface area (Å²) in [4.78, 5) is 29.7. The van der Waals surface area contributed by atoms with Crippen molar-refractivity contribution in [3.8, 4) is 0 Å². The maximum atomic E-state index is 13.3. The standard InChI is InChI=1S/C22H29N7O2/c1-3-19-25-21(31-26-19)14-27(2)11-16-4-5-18-17-8-15(10-29(18)22(16)30)9-28(12-17)13-20-23-6-7-24-20/h4-7,15,17H,3,8-14H2,1-2H3,(H,23,24)/t15-,17+/m0/s1. The second-order valence-corrected chi connectivity index (χ2v) is 8.86. The average Bonchev–Trinajstić information content (AvgIpc) is 3.42. The summed E-state index contributed by atoms with van der Waals surface area (Å²) in [5.41, 5.74) is 2.12. The van der Waals surface area contributed by atoms with Crippen LogP contribution in [0, 0.1) is 5.92 Å². The van der Waals surface area contributed by atoms with Crippen molar-refractivity contribution in [1.82, 2.24) is 34.5 Å². The van der Waals surface area contributed by atoms with Gasteiger partial charge < -0.3 is 14.1 Å². The van der Waals surface area contributed by atoms with Crippen LogP contribution in [-0.4, -0.2) is 54.6 Å². The van der Waals surface area contributed by atoms with E-state index in [1.165, 1.54) is 5.69 Å². The van der Waals surface area contributed by atoms with Crippen LogP contribution in [0.5, 0.6) is 0 Å². The highest BCUT2D eigenvalue weighted by Gasteiger charge is 2.35. The zero-order valence-electron chi connectivity index (χ0n) is 18.1. The third-order valence-electron chi connectivity index (χ3n) is 6.36. The van der Waals surface area contributed by atoms with Crippen LogP contribution >= 0.6 is 0 Å². The van der Waals surface area contributed by atoms with E-state index >= 15 is 0 Å². The molecule has 3 aromatic heterocycles. The Balaban J connectivity index is 1.29. The van der Waals surface area contributed by atoms with Crippen molar-refractivity contribution in [2.45, 2.75) is 51.9 Å². The number of aryl methyl sites for hydroxylation is 1. The van der Waals surface area contributed by atoms with Gasteiger partial charge in [-0.1, -0.05) is 18.1 Å². The third kappa shape index (κ3) is 4.20. The molecule has 1 N–H and O–H groups in total. The predicted octanol–water partition coefficient (Wildman–Crippen LogP) is 1.77. The second-order valence-electron chi connectivity index (χ2n) is 8.86. The van der Waals surface area contributed by atoms with Gasteiger partial charge in [-0.25, -0.2) is 4.98 Å². The molecule has 2 aliphatic heterocycles. The quantitative estimate of drug-likeness (QED) is 0.619. The molecule has 9 nitrogen and oxygen atoms in total. The van der Waals surface area contributed by atoms with E-state index < -0.39 is 0 Å². The first-order valence-electron chi connectivity index (χ1n) is 11.0. The molecule has 2 atom stereocenters. The summed E-state index contributed by atoms with van der Waals surface area (Å²) in [5, 5.41) is 3.94. The van der Waals surface area contributed by atoms with Crippen molar-refractivity contribution < 1.29 is 4.52 Å². The molecule has 31 heavy (non-hydrogen) atoms. The lowest BCUT2D eigenvalue weighted by atomic mass is 9.83. The Hall–Kier alpha value is -2.78.